The molecule has 36 heavy (non-hydrogen) atoms. The number of aliphatic hydroxyl groups is 1. The Morgan fingerprint density at radius 2 is 1.69 bits per heavy atom. The van der Waals surface area contributed by atoms with Gasteiger partial charge in [-0.1, -0.05) is 36.1 Å². The van der Waals surface area contributed by atoms with Crippen molar-refractivity contribution in [2.75, 3.05) is 5.32 Å². The van der Waals surface area contributed by atoms with Gasteiger partial charge in [-0.25, -0.2) is 4.39 Å². The van der Waals surface area contributed by atoms with Crippen molar-refractivity contribution in [2.24, 2.45) is 0 Å². The number of hydrogen-bond acceptors (Lipinski definition) is 2. The van der Waals surface area contributed by atoms with Crippen LogP contribution in [0.25, 0.3) is 0 Å². The molecule has 4 rings (SSSR count). The van der Waals surface area contributed by atoms with Crippen molar-refractivity contribution in [3.05, 3.63) is 100 Å². The maximum atomic E-state index is 14.8. The van der Waals surface area contributed by atoms with E-state index in [4.69, 9.17) is 0 Å². The zero-order chi connectivity index (χ0) is 26.1. The van der Waals surface area contributed by atoms with Gasteiger partial charge in [0.15, 0.2) is 0 Å². The molecule has 1 unspecified atom stereocenters. The van der Waals surface area contributed by atoms with Gasteiger partial charge in [0.05, 0.1) is 5.56 Å². The van der Waals surface area contributed by atoms with Crippen LogP contribution in [0.4, 0.5) is 23.2 Å². The summed E-state index contributed by atoms with van der Waals surface area (Å²) in [6.45, 7) is 3.80. The second-order valence-corrected chi connectivity index (χ2v) is 9.38. The lowest BCUT2D eigenvalue weighted by molar-refractivity contribution is -0.137. The molecule has 3 nitrogen and oxygen atoms in total. The molecule has 3 aromatic carbocycles. The largest absolute Gasteiger partial charge is 0.416 e. The van der Waals surface area contributed by atoms with Crippen molar-refractivity contribution in [1.29, 1.82) is 0 Å². The van der Waals surface area contributed by atoms with Gasteiger partial charge in [-0.2, -0.15) is 13.2 Å². The van der Waals surface area contributed by atoms with E-state index in [1.54, 1.807) is 42.5 Å². The van der Waals surface area contributed by atoms with Gasteiger partial charge in [-0.15, -0.1) is 0 Å². The molecule has 2 N–H and O–H groups in total. The Bertz CT molecular complexity index is 1350. The van der Waals surface area contributed by atoms with Crippen LogP contribution in [-0.4, -0.2) is 16.6 Å². The van der Waals surface area contributed by atoms with E-state index in [1.807, 2.05) is 19.9 Å². The smallest absolute Gasteiger partial charge is 0.369 e. The highest BCUT2D eigenvalue weighted by molar-refractivity contribution is 6.00. The second kappa shape index (κ2) is 9.44. The van der Waals surface area contributed by atoms with Gasteiger partial charge in [0.2, 0.25) is 5.60 Å². The maximum absolute atomic E-state index is 14.8. The van der Waals surface area contributed by atoms with Crippen LogP contribution in [0.3, 0.4) is 0 Å². The molecule has 0 aliphatic heterocycles. The molecule has 186 valence electrons. The topological polar surface area (TPSA) is 49.3 Å². The Hall–Kier alpha value is -3.63. The Kier molecular flexibility index (Phi) is 6.68. The van der Waals surface area contributed by atoms with Crippen LogP contribution in [0.2, 0.25) is 0 Å². The minimum Gasteiger partial charge on any atom is -0.369 e. The highest BCUT2D eigenvalue weighted by Crippen LogP contribution is 2.55. The third-order valence-electron chi connectivity index (χ3n) is 6.64. The van der Waals surface area contributed by atoms with Crippen LogP contribution in [0, 0.1) is 31.5 Å². The highest BCUT2D eigenvalue weighted by atomic mass is 19.4. The van der Waals surface area contributed by atoms with E-state index in [0.717, 1.165) is 23.3 Å². The molecule has 3 aromatic rings. The summed E-state index contributed by atoms with van der Waals surface area (Å²) in [7, 11) is 0. The van der Waals surface area contributed by atoms with Crippen molar-refractivity contribution in [3.63, 3.8) is 0 Å². The molecule has 1 saturated carbocycles. The lowest BCUT2D eigenvalue weighted by Crippen LogP contribution is -2.44. The SMILES string of the molecule is Cc1ccc(NC(=O)C(O)(C#Cc2ccccc2)CC2(c3cc(C(F)(F)F)ccc3F)CC2)cc1C. The molecule has 1 aliphatic carbocycles. The average Bonchev–Trinajstić information content (AvgIpc) is 3.60. The number of carbonyl (C=O) groups excluding carboxylic acids is 1. The predicted molar refractivity (Wildman–Crippen MR) is 130 cm³/mol. The molecule has 0 spiro atoms. The molecule has 0 saturated heterocycles. The highest BCUT2D eigenvalue weighted by Gasteiger charge is 2.53. The average molecular weight is 496 g/mol. The van der Waals surface area contributed by atoms with Crippen molar-refractivity contribution >= 4 is 11.6 Å². The molecular weight excluding hydrogens is 470 g/mol. The fourth-order valence-corrected chi connectivity index (χ4v) is 4.22. The van der Waals surface area contributed by atoms with Crippen molar-refractivity contribution in [1.82, 2.24) is 0 Å². The molecule has 1 fully saturated rings. The van der Waals surface area contributed by atoms with Crippen LogP contribution in [0.15, 0.2) is 66.7 Å². The van der Waals surface area contributed by atoms with Gasteiger partial charge in [-0.3, -0.25) is 4.79 Å². The Labute approximate surface area is 207 Å². The van der Waals surface area contributed by atoms with Crippen LogP contribution in [0.1, 0.15) is 47.1 Å². The molecule has 1 amide bonds. The first-order chi connectivity index (χ1) is 16.9. The second-order valence-electron chi connectivity index (χ2n) is 9.38. The first kappa shape index (κ1) is 25.5. The molecule has 0 heterocycles. The monoisotopic (exact) mass is 495 g/mol. The van der Waals surface area contributed by atoms with Crippen molar-refractivity contribution in [2.45, 2.75) is 50.3 Å². The van der Waals surface area contributed by atoms with Gasteiger partial charge in [0.1, 0.15) is 5.82 Å². The van der Waals surface area contributed by atoms with E-state index in [0.29, 0.717) is 30.2 Å². The summed E-state index contributed by atoms with van der Waals surface area (Å²) in [5, 5.41) is 14.2. The van der Waals surface area contributed by atoms with Crippen LogP contribution in [0.5, 0.6) is 0 Å². The minimum absolute atomic E-state index is 0.170. The van der Waals surface area contributed by atoms with E-state index < -0.39 is 34.5 Å². The Morgan fingerprint density at radius 1 is 1.00 bits per heavy atom. The Morgan fingerprint density at radius 3 is 2.31 bits per heavy atom. The summed E-state index contributed by atoms with van der Waals surface area (Å²) in [5.41, 5.74) is -1.65. The quantitative estimate of drug-likeness (QED) is 0.322. The summed E-state index contributed by atoms with van der Waals surface area (Å²) >= 11 is 0. The number of halogens is 4. The summed E-state index contributed by atoms with van der Waals surface area (Å²) < 4.78 is 54.7. The van der Waals surface area contributed by atoms with Crippen LogP contribution < -0.4 is 5.32 Å². The number of amides is 1. The van der Waals surface area contributed by atoms with Gasteiger partial charge in [-0.05, 0) is 85.8 Å². The number of anilines is 1. The summed E-state index contributed by atoms with van der Waals surface area (Å²) in [6, 6.07) is 16.2. The summed E-state index contributed by atoms with van der Waals surface area (Å²) in [4.78, 5) is 13.4. The molecule has 0 bridgehead atoms. The maximum Gasteiger partial charge on any atom is 0.416 e. The fourth-order valence-electron chi connectivity index (χ4n) is 4.22. The van der Waals surface area contributed by atoms with Gasteiger partial charge in [0, 0.05) is 23.1 Å². The third-order valence-corrected chi connectivity index (χ3v) is 6.64. The number of hydrogen-bond donors (Lipinski definition) is 2. The van der Waals surface area contributed by atoms with E-state index in [-0.39, 0.29) is 12.0 Å². The molecule has 0 radical (unpaired) electrons. The molecule has 1 aliphatic rings. The van der Waals surface area contributed by atoms with E-state index in [2.05, 4.69) is 17.2 Å². The third kappa shape index (κ3) is 5.44. The zero-order valence-corrected chi connectivity index (χ0v) is 19.8. The van der Waals surface area contributed by atoms with Crippen LogP contribution >= 0.6 is 0 Å². The lowest BCUT2D eigenvalue weighted by atomic mass is 9.81. The number of rotatable bonds is 5. The van der Waals surface area contributed by atoms with Gasteiger partial charge >= 0.3 is 6.18 Å². The first-order valence-electron chi connectivity index (χ1n) is 11.5. The van der Waals surface area contributed by atoms with Gasteiger partial charge in [0.25, 0.3) is 5.91 Å². The van der Waals surface area contributed by atoms with E-state index >= 15 is 0 Å². The number of alkyl halides is 3. The molecule has 7 heteroatoms. The number of nitrogens with one attached hydrogen (secondary N) is 1. The predicted octanol–water partition coefficient (Wildman–Crippen LogP) is 6.30. The lowest BCUT2D eigenvalue weighted by Gasteiger charge is -2.28. The summed E-state index contributed by atoms with van der Waals surface area (Å²) in [6.07, 6.45) is -4.37. The van der Waals surface area contributed by atoms with E-state index in [9.17, 15) is 27.5 Å². The standard InChI is InChI=1S/C29H25F4NO2/c1-19-8-10-23(16-20(19)2)34-26(35)28(36,13-12-21-6-4-3-5-7-21)18-27(14-15-27)24-17-22(29(31,32)33)9-11-25(24)30/h3-11,16-17,36H,14-15,18H2,1-2H3,(H,34,35). The normalized spacial score (nSPS) is 15.9. The first-order valence-corrected chi connectivity index (χ1v) is 11.5. The van der Waals surface area contributed by atoms with Crippen LogP contribution in [-0.2, 0) is 16.4 Å². The van der Waals surface area contributed by atoms with Crippen molar-refractivity contribution in [3.8, 4) is 11.8 Å². The molecule has 0 aromatic heterocycles. The van der Waals surface area contributed by atoms with E-state index in [1.165, 1.54) is 0 Å². The Balaban J connectivity index is 1.72. The number of carbonyl (C=O) groups is 1. The fraction of sp³-hybridized carbons (Fsp3) is 0.276. The number of aryl methyl sites for hydroxylation is 2. The van der Waals surface area contributed by atoms with Gasteiger partial charge < -0.3 is 10.4 Å². The van der Waals surface area contributed by atoms with Crippen molar-refractivity contribution < 1.29 is 27.5 Å². The molecule has 1 atom stereocenters. The minimum atomic E-state index is -4.65. The summed E-state index contributed by atoms with van der Waals surface area (Å²) in [5.74, 6) is 3.79. The zero-order valence-electron chi connectivity index (χ0n) is 19.8. The number of benzene rings is 3. The molecular formula is C29H25F4NO2.